The lowest BCUT2D eigenvalue weighted by Gasteiger charge is -2.36. The van der Waals surface area contributed by atoms with Crippen molar-refractivity contribution in [1.29, 1.82) is 0 Å². The van der Waals surface area contributed by atoms with Crippen LogP contribution in [0.2, 0.25) is 0 Å². The third kappa shape index (κ3) is 4.20. The second-order valence-electron chi connectivity index (χ2n) is 8.62. The van der Waals surface area contributed by atoms with E-state index in [1.807, 2.05) is 22.9 Å². The fraction of sp³-hybridized carbons (Fsp3) is 0.333. The topological polar surface area (TPSA) is 136 Å². The third-order valence-corrected chi connectivity index (χ3v) is 6.38. The molecule has 5 heterocycles. The lowest BCUT2D eigenvalue weighted by molar-refractivity contribution is 0.201. The van der Waals surface area contributed by atoms with Gasteiger partial charge in [0.2, 0.25) is 11.8 Å². The van der Waals surface area contributed by atoms with Crippen LogP contribution in [0.1, 0.15) is 0 Å². The number of aliphatic hydroxyl groups excluding tert-OH is 1. The first-order valence-electron chi connectivity index (χ1n) is 11.9. The molecule has 1 saturated heterocycles. The van der Waals surface area contributed by atoms with Gasteiger partial charge in [-0.15, -0.1) is 5.10 Å². The summed E-state index contributed by atoms with van der Waals surface area (Å²) in [6.07, 6.45) is 3.35. The minimum atomic E-state index is 0.00635. The standard InChI is InChI=1S/C24H27N9O3/c25-24-28-22-19(23-27-21(29-33(23)24)20-5-2-13-36-20)16-26-32(22)11-8-30-6-9-31(10-7-30)17-3-1-4-18(15-17)35-14-12-34/h1-5,13,15-16,34H,6-12,14H2,(H2,25,28). The molecule has 12 nitrogen and oxygen atoms in total. The van der Waals surface area contributed by atoms with Crippen LogP contribution in [0.25, 0.3) is 28.3 Å². The van der Waals surface area contributed by atoms with Gasteiger partial charge >= 0.3 is 0 Å². The molecule has 0 amide bonds. The van der Waals surface area contributed by atoms with E-state index in [2.05, 4.69) is 36.0 Å². The number of fused-ring (bicyclic) bond motifs is 3. The molecule has 36 heavy (non-hydrogen) atoms. The van der Waals surface area contributed by atoms with Crippen molar-refractivity contribution in [3.63, 3.8) is 0 Å². The van der Waals surface area contributed by atoms with Crippen LogP contribution >= 0.6 is 0 Å². The summed E-state index contributed by atoms with van der Waals surface area (Å²) in [6, 6.07) is 11.6. The summed E-state index contributed by atoms with van der Waals surface area (Å²) >= 11 is 0. The molecule has 1 aliphatic heterocycles. The van der Waals surface area contributed by atoms with E-state index in [1.54, 1.807) is 24.6 Å². The van der Waals surface area contributed by atoms with Crippen molar-refractivity contribution >= 4 is 28.3 Å². The Balaban J connectivity index is 1.12. The average Bonchev–Trinajstić information content (AvgIpc) is 3.67. The van der Waals surface area contributed by atoms with E-state index >= 15 is 0 Å². The third-order valence-electron chi connectivity index (χ3n) is 6.38. The van der Waals surface area contributed by atoms with Gasteiger partial charge in [0.25, 0.3) is 0 Å². The maximum absolute atomic E-state index is 8.98. The van der Waals surface area contributed by atoms with Crippen LogP contribution < -0.4 is 15.4 Å². The Morgan fingerprint density at radius 3 is 2.72 bits per heavy atom. The summed E-state index contributed by atoms with van der Waals surface area (Å²) in [7, 11) is 0. The van der Waals surface area contributed by atoms with Crippen molar-refractivity contribution in [1.82, 2.24) is 34.3 Å². The molecule has 0 aliphatic carbocycles. The molecule has 4 aromatic heterocycles. The summed E-state index contributed by atoms with van der Waals surface area (Å²) in [5, 5.41) is 18.8. The molecule has 0 atom stereocenters. The number of hydrogen-bond acceptors (Lipinski definition) is 10. The van der Waals surface area contributed by atoms with Gasteiger partial charge in [0.05, 0.1) is 31.0 Å². The number of furan rings is 1. The quantitative estimate of drug-likeness (QED) is 0.330. The maximum Gasteiger partial charge on any atom is 0.225 e. The molecule has 1 aromatic carbocycles. The molecule has 0 unspecified atom stereocenters. The highest BCUT2D eigenvalue weighted by Gasteiger charge is 2.20. The first-order chi connectivity index (χ1) is 17.7. The molecule has 1 fully saturated rings. The van der Waals surface area contributed by atoms with Crippen molar-refractivity contribution in [2.75, 3.05) is 56.6 Å². The summed E-state index contributed by atoms with van der Waals surface area (Å²) in [6.45, 7) is 5.57. The summed E-state index contributed by atoms with van der Waals surface area (Å²) in [5.41, 5.74) is 8.63. The molecule has 5 aromatic rings. The number of aliphatic hydroxyl groups is 1. The first kappa shape index (κ1) is 22.3. The fourth-order valence-electron chi connectivity index (χ4n) is 4.53. The van der Waals surface area contributed by atoms with E-state index in [-0.39, 0.29) is 12.6 Å². The molecule has 0 bridgehead atoms. The number of nitrogens with zero attached hydrogens (tertiary/aromatic N) is 8. The predicted molar refractivity (Wildman–Crippen MR) is 134 cm³/mol. The van der Waals surface area contributed by atoms with Gasteiger partial charge in [0, 0.05) is 44.5 Å². The Hall–Kier alpha value is -4.16. The lowest BCUT2D eigenvalue weighted by Crippen LogP contribution is -2.47. The van der Waals surface area contributed by atoms with Crippen LogP contribution in [0.5, 0.6) is 5.75 Å². The second kappa shape index (κ2) is 9.47. The molecule has 6 rings (SSSR count). The summed E-state index contributed by atoms with van der Waals surface area (Å²) < 4.78 is 14.4. The molecule has 0 spiro atoms. The van der Waals surface area contributed by atoms with Crippen LogP contribution in [0.4, 0.5) is 11.6 Å². The highest BCUT2D eigenvalue weighted by atomic mass is 16.5. The summed E-state index contributed by atoms with van der Waals surface area (Å²) in [5.74, 6) is 2.06. The van der Waals surface area contributed by atoms with Crippen LogP contribution in [0.3, 0.4) is 0 Å². The number of anilines is 2. The van der Waals surface area contributed by atoms with E-state index in [9.17, 15) is 0 Å². The molecule has 1 aliphatic rings. The van der Waals surface area contributed by atoms with Gasteiger partial charge in [-0.3, -0.25) is 4.90 Å². The second-order valence-corrected chi connectivity index (χ2v) is 8.62. The lowest BCUT2D eigenvalue weighted by atomic mass is 10.2. The molecule has 0 radical (unpaired) electrons. The van der Waals surface area contributed by atoms with E-state index in [0.29, 0.717) is 36.0 Å². The number of nitrogens with two attached hydrogens (primary N) is 1. The van der Waals surface area contributed by atoms with E-state index in [1.165, 1.54) is 4.52 Å². The zero-order chi connectivity index (χ0) is 24.5. The van der Waals surface area contributed by atoms with Crippen molar-refractivity contribution in [3.05, 3.63) is 48.9 Å². The predicted octanol–water partition coefficient (Wildman–Crippen LogP) is 1.51. The molecular weight excluding hydrogens is 462 g/mol. The Morgan fingerprint density at radius 1 is 1.03 bits per heavy atom. The van der Waals surface area contributed by atoms with E-state index < -0.39 is 0 Å². The zero-order valence-corrected chi connectivity index (χ0v) is 19.7. The Bertz CT molecular complexity index is 1470. The normalized spacial score (nSPS) is 14.8. The number of rotatable bonds is 8. The van der Waals surface area contributed by atoms with Crippen LogP contribution in [-0.4, -0.2) is 85.3 Å². The first-order valence-corrected chi connectivity index (χ1v) is 11.9. The number of ether oxygens (including phenoxy) is 1. The van der Waals surface area contributed by atoms with Gasteiger partial charge in [-0.05, 0) is 24.3 Å². The number of piperazine rings is 1. The van der Waals surface area contributed by atoms with Gasteiger partial charge < -0.3 is 24.9 Å². The van der Waals surface area contributed by atoms with Gasteiger partial charge in [-0.1, -0.05) is 6.07 Å². The van der Waals surface area contributed by atoms with Gasteiger partial charge in [-0.2, -0.15) is 14.6 Å². The number of nitrogen functional groups attached to an aromatic ring is 1. The van der Waals surface area contributed by atoms with Crippen molar-refractivity contribution in [2.45, 2.75) is 6.54 Å². The van der Waals surface area contributed by atoms with E-state index in [4.69, 9.17) is 20.0 Å². The fourth-order valence-corrected chi connectivity index (χ4v) is 4.53. The van der Waals surface area contributed by atoms with Crippen molar-refractivity contribution in [2.24, 2.45) is 0 Å². The van der Waals surface area contributed by atoms with Crippen LogP contribution in [0.15, 0.2) is 53.3 Å². The Morgan fingerprint density at radius 2 is 1.92 bits per heavy atom. The molecule has 186 valence electrons. The number of hydrogen-bond donors (Lipinski definition) is 2. The molecular formula is C24H27N9O3. The Kier molecular flexibility index (Phi) is 5.87. The Labute approximate surface area is 206 Å². The summed E-state index contributed by atoms with van der Waals surface area (Å²) in [4.78, 5) is 13.9. The monoisotopic (exact) mass is 489 g/mol. The van der Waals surface area contributed by atoms with Gasteiger partial charge in [-0.25, -0.2) is 9.67 Å². The largest absolute Gasteiger partial charge is 0.491 e. The minimum Gasteiger partial charge on any atom is -0.491 e. The smallest absolute Gasteiger partial charge is 0.225 e. The van der Waals surface area contributed by atoms with E-state index in [0.717, 1.165) is 49.5 Å². The SMILES string of the molecule is Nc1nc2c(cnn2CCN2CCN(c3cccc(OCCO)c3)CC2)c2nc(-c3ccco3)nn12. The molecule has 3 N–H and O–H groups in total. The molecule has 12 heteroatoms. The molecule has 0 saturated carbocycles. The van der Waals surface area contributed by atoms with Crippen molar-refractivity contribution < 1.29 is 14.3 Å². The highest BCUT2D eigenvalue weighted by Crippen LogP contribution is 2.24. The highest BCUT2D eigenvalue weighted by molar-refractivity contribution is 5.90. The van der Waals surface area contributed by atoms with Crippen molar-refractivity contribution in [3.8, 4) is 17.3 Å². The number of benzene rings is 1. The zero-order valence-electron chi connectivity index (χ0n) is 19.7. The van der Waals surface area contributed by atoms with Gasteiger partial charge in [0.15, 0.2) is 17.1 Å². The van der Waals surface area contributed by atoms with Gasteiger partial charge in [0.1, 0.15) is 12.4 Å². The number of aromatic nitrogens is 6. The average molecular weight is 490 g/mol. The minimum absolute atomic E-state index is 0.00635. The van der Waals surface area contributed by atoms with Crippen LogP contribution in [0, 0.1) is 0 Å². The van der Waals surface area contributed by atoms with Crippen LogP contribution in [-0.2, 0) is 6.54 Å². The maximum atomic E-state index is 8.98.